The van der Waals surface area contributed by atoms with Crippen molar-refractivity contribution in [1.82, 2.24) is 0 Å². The van der Waals surface area contributed by atoms with E-state index in [0.29, 0.717) is 25.7 Å². The van der Waals surface area contributed by atoms with E-state index in [1.165, 1.54) is 238 Å². The van der Waals surface area contributed by atoms with Crippen molar-refractivity contribution in [3.63, 3.8) is 0 Å². The minimum Gasteiger partial charge on any atom is -0.462 e. The van der Waals surface area contributed by atoms with Crippen LogP contribution in [0.2, 0.25) is 0 Å². The third kappa shape index (κ3) is 75.5. The average molecular weight is 1520 g/mol. The van der Waals surface area contributed by atoms with E-state index < -0.39 is 97.5 Å². The Balaban J connectivity index is 5.22. The zero-order valence-corrected chi connectivity index (χ0v) is 70.5. The van der Waals surface area contributed by atoms with Gasteiger partial charge in [-0.25, -0.2) is 9.13 Å². The third-order valence-electron chi connectivity index (χ3n) is 20.5. The molecule has 0 bridgehead atoms. The van der Waals surface area contributed by atoms with E-state index in [2.05, 4.69) is 55.4 Å². The van der Waals surface area contributed by atoms with Crippen molar-refractivity contribution >= 4 is 39.5 Å². The number of carbonyl (C=O) groups excluding carboxylic acids is 4. The maximum Gasteiger partial charge on any atom is 0.472 e. The van der Waals surface area contributed by atoms with Crippen molar-refractivity contribution in [2.45, 2.75) is 459 Å². The van der Waals surface area contributed by atoms with Gasteiger partial charge in [0.25, 0.3) is 0 Å². The average Bonchev–Trinajstić information content (AvgIpc) is 0.903. The Morgan fingerprint density at radius 3 is 0.683 bits per heavy atom. The molecule has 0 aliphatic carbocycles. The van der Waals surface area contributed by atoms with Crippen LogP contribution in [0, 0.1) is 23.7 Å². The van der Waals surface area contributed by atoms with Gasteiger partial charge in [-0.15, -0.1) is 0 Å². The van der Waals surface area contributed by atoms with Crippen LogP contribution >= 0.6 is 15.6 Å². The van der Waals surface area contributed by atoms with Crippen molar-refractivity contribution < 1.29 is 80.2 Å². The number of carbonyl (C=O) groups is 4. The van der Waals surface area contributed by atoms with Gasteiger partial charge >= 0.3 is 39.5 Å². The molecule has 0 fully saturated rings. The van der Waals surface area contributed by atoms with Gasteiger partial charge in [0.15, 0.2) is 12.2 Å². The quantitative estimate of drug-likeness (QED) is 0.0222. The number of aliphatic hydroxyl groups excluding tert-OH is 1. The van der Waals surface area contributed by atoms with E-state index in [9.17, 15) is 43.2 Å². The largest absolute Gasteiger partial charge is 0.472 e. The zero-order valence-electron chi connectivity index (χ0n) is 68.7. The van der Waals surface area contributed by atoms with E-state index >= 15 is 0 Å². The number of ether oxygens (including phenoxy) is 4. The molecule has 3 N–H and O–H groups in total. The van der Waals surface area contributed by atoms with E-state index in [1.807, 2.05) is 0 Å². The fraction of sp³-hybridized carbons (Fsp3) is 0.953. The minimum atomic E-state index is -4.97. The Morgan fingerprint density at radius 1 is 0.269 bits per heavy atom. The summed E-state index contributed by atoms with van der Waals surface area (Å²) in [6.45, 7) is 14.3. The van der Waals surface area contributed by atoms with Crippen molar-refractivity contribution in [1.29, 1.82) is 0 Å². The molecule has 19 heteroatoms. The first-order valence-electron chi connectivity index (χ1n) is 43.8. The second-order valence-electron chi connectivity index (χ2n) is 32.0. The minimum absolute atomic E-state index is 0.106. The standard InChI is InChI=1S/C85H166O17P2/c1-9-77(7)63-55-47-39-33-27-20-15-13-11-12-14-16-21-28-34-40-49-57-65-82(87)95-71-80(101-84(89)67-59-51-41-35-29-22-18-17-19-25-31-37-45-53-61-75(3)4)73-99-103(91,92)97-69-79(86)70-98-104(93,94)100-74-81(72-96-83(88)66-58-50-44-43-48-56-64-78(8)10-2)102-85(90)68-60-52-42-36-30-24-23-26-32-38-46-54-62-76(5)6/h75-81,86H,9-74H2,1-8H3,(H,91,92)(H,93,94)/t77?,78?,79-,80-,81-/m1/s1. The van der Waals surface area contributed by atoms with E-state index in [0.717, 1.165) is 120 Å². The highest BCUT2D eigenvalue weighted by molar-refractivity contribution is 7.47. The van der Waals surface area contributed by atoms with Crippen molar-refractivity contribution in [2.24, 2.45) is 23.7 Å². The van der Waals surface area contributed by atoms with Crippen LogP contribution in [-0.4, -0.2) is 96.7 Å². The molecule has 0 saturated heterocycles. The van der Waals surface area contributed by atoms with Crippen molar-refractivity contribution in [2.75, 3.05) is 39.6 Å². The molecule has 0 heterocycles. The molecule has 104 heavy (non-hydrogen) atoms. The van der Waals surface area contributed by atoms with Gasteiger partial charge in [-0.05, 0) is 49.4 Å². The summed E-state index contributed by atoms with van der Waals surface area (Å²) in [6, 6.07) is 0. The van der Waals surface area contributed by atoms with Crippen LogP contribution in [0.15, 0.2) is 0 Å². The fourth-order valence-electron chi connectivity index (χ4n) is 13.1. The van der Waals surface area contributed by atoms with Crippen LogP contribution in [0.3, 0.4) is 0 Å². The highest BCUT2D eigenvalue weighted by atomic mass is 31.2. The lowest BCUT2D eigenvalue weighted by Gasteiger charge is -2.21. The molecule has 0 aromatic heterocycles. The maximum atomic E-state index is 13.1. The molecule has 0 spiro atoms. The lowest BCUT2D eigenvalue weighted by Crippen LogP contribution is -2.30. The first-order chi connectivity index (χ1) is 50.2. The van der Waals surface area contributed by atoms with Gasteiger partial charge in [-0.3, -0.25) is 37.3 Å². The Bertz CT molecular complexity index is 2030. The third-order valence-corrected chi connectivity index (χ3v) is 22.4. The highest BCUT2D eigenvalue weighted by Crippen LogP contribution is 2.45. The number of rotatable bonds is 82. The van der Waals surface area contributed by atoms with E-state index in [4.69, 9.17) is 37.0 Å². The predicted octanol–water partition coefficient (Wildman–Crippen LogP) is 25.6. The zero-order chi connectivity index (χ0) is 76.7. The molecule has 4 unspecified atom stereocenters. The molecule has 0 radical (unpaired) electrons. The Labute approximate surface area is 638 Å². The molecule has 7 atom stereocenters. The Hall–Kier alpha value is -1.94. The summed E-state index contributed by atoms with van der Waals surface area (Å²) in [7, 11) is -9.93. The Morgan fingerprint density at radius 2 is 0.462 bits per heavy atom. The molecule has 0 aromatic rings. The van der Waals surface area contributed by atoms with Crippen LogP contribution in [0.5, 0.6) is 0 Å². The first-order valence-corrected chi connectivity index (χ1v) is 46.8. The summed E-state index contributed by atoms with van der Waals surface area (Å²) in [5.74, 6) is 1.07. The van der Waals surface area contributed by atoms with Crippen LogP contribution < -0.4 is 0 Å². The van der Waals surface area contributed by atoms with E-state index in [1.54, 1.807) is 0 Å². The molecule has 0 aliphatic heterocycles. The van der Waals surface area contributed by atoms with Crippen molar-refractivity contribution in [3.05, 3.63) is 0 Å². The SMILES string of the molecule is CCC(C)CCCCCCCCCCCCCCCCCCCCC(=O)OC[C@H](COP(=O)(O)OC[C@@H](O)COP(=O)(O)OC[C@@H](COC(=O)CCCCCCCCC(C)CC)OC(=O)CCCCCCCCCCCCCCC(C)C)OC(=O)CCCCCCCCCCCCCCCCC(C)C. The molecule has 0 aromatic carbocycles. The number of aliphatic hydroxyl groups is 1. The van der Waals surface area contributed by atoms with Crippen LogP contribution in [0.4, 0.5) is 0 Å². The van der Waals surface area contributed by atoms with E-state index in [-0.39, 0.29) is 25.7 Å². The predicted molar refractivity (Wildman–Crippen MR) is 428 cm³/mol. The molecule has 0 rings (SSSR count). The molecule has 0 saturated carbocycles. The Kier molecular flexibility index (Phi) is 72.5. The second kappa shape index (κ2) is 73.8. The molecule has 0 amide bonds. The summed E-state index contributed by atoms with van der Waals surface area (Å²) in [4.78, 5) is 73.2. The number of hydrogen-bond acceptors (Lipinski definition) is 15. The van der Waals surface area contributed by atoms with Crippen molar-refractivity contribution in [3.8, 4) is 0 Å². The molecular formula is C85H166O17P2. The van der Waals surface area contributed by atoms with Gasteiger partial charge in [0.1, 0.15) is 19.3 Å². The van der Waals surface area contributed by atoms with Gasteiger partial charge in [-0.2, -0.15) is 0 Å². The number of esters is 4. The first kappa shape index (κ1) is 102. The lowest BCUT2D eigenvalue weighted by molar-refractivity contribution is -0.161. The topological polar surface area (TPSA) is 237 Å². The molecular weight excluding hydrogens is 1350 g/mol. The van der Waals surface area contributed by atoms with Gasteiger partial charge in [0, 0.05) is 25.7 Å². The highest BCUT2D eigenvalue weighted by Gasteiger charge is 2.30. The van der Waals surface area contributed by atoms with Gasteiger partial charge < -0.3 is 33.8 Å². The number of hydrogen-bond donors (Lipinski definition) is 3. The van der Waals surface area contributed by atoms with Gasteiger partial charge in [0.2, 0.25) is 0 Å². The summed E-state index contributed by atoms with van der Waals surface area (Å²) in [6.07, 6.45) is 62.5. The maximum absolute atomic E-state index is 13.1. The normalized spacial score (nSPS) is 14.5. The van der Waals surface area contributed by atoms with Crippen LogP contribution in [0.25, 0.3) is 0 Å². The summed E-state index contributed by atoms with van der Waals surface area (Å²) in [5.41, 5.74) is 0. The molecule has 618 valence electrons. The fourth-order valence-corrected chi connectivity index (χ4v) is 14.7. The number of unbranched alkanes of at least 4 members (excludes halogenated alkanes) is 46. The second-order valence-corrected chi connectivity index (χ2v) is 34.9. The van der Waals surface area contributed by atoms with Gasteiger partial charge in [-0.1, -0.05) is 389 Å². The monoisotopic (exact) mass is 1520 g/mol. The van der Waals surface area contributed by atoms with Crippen LogP contribution in [0.1, 0.15) is 441 Å². The van der Waals surface area contributed by atoms with Crippen LogP contribution in [-0.2, 0) is 65.4 Å². The summed E-state index contributed by atoms with van der Waals surface area (Å²) >= 11 is 0. The smallest absolute Gasteiger partial charge is 0.462 e. The van der Waals surface area contributed by atoms with Gasteiger partial charge in [0.05, 0.1) is 26.4 Å². The number of phosphoric acid groups is 2. The number of phosphoric ester groups is 2. The lowest BCUT2D eigenvalue weighted by atomic mass is 9.99. The summed E-state index contributed by atoms with van der Waals surface area (Å²) in [5, 5.41) is 10.7. The molecule has 17 nitrogen and oxygen atoms in total. The summed E-state index contributed by atoms with van der Waals surface area (Å²) < 4.78 is 68.8. The molecule has 0 aliphatic rings.